The van der Waals surface area contributed by atoms with Gasteiger partial charge in [0.25, 0.3) is 5.91 Å². The van der Waals surface area contributed by atoms with Crippen LogP contribution >= 0.6 is 0 Å². The number of aliphatic hydroxyl groups excluding tert-OH is 1. The second-order valence-electron chi connectivity index (χ2n) is 6.91. The summed E-state index contributed by atoms with van der Waals surface area (Å²) < 4.78 is 49.9. The lowest BCUT2D eigenvalue weighted by atomic mass is 9.92. The van der Waals surface area contributed by atoms with Crippen molar-refractivity contribution in [3.05, 3.63) is 82.6 Å². The van der Waals surface area contributed by atoms with Gasteiger partial charge >= 0.3 is 6.18 Å². The number of likely N-dealkylation sites (N-methyl/N-ethyl adjacent to an activating group) is 1. The van der Waals surface area contributed by atoms with Crippen LogP contribution in [0, 0.1) is 0 Å². The lowest BCUT2D eigenvalue weighted by Crippen LogP contribution is -2.31. The first-order valence-corrected chi connectivity index (χ1v) is 9.38. The molecule has 0 aromatic heterocycles. The first kappa shape index (κ1) is 21.9. The predicted molar refractivity (Wildman–Crippen MR) is 103 cm³/mol. The predicted octanol–water partition coefficient (Wildman–Crippen LogP) is 3.87. The van der Waals surface area contributed by atoms with Crippen LogP contribution in [-0.4, -0.2) is 24.4 Å². The molecule has 0 saturated heterocycles. The van der Waals surface area contributed by atoms with Crippen molar-refractivity contribution in [2.45, 2.75) is 38.0 Å². The molecule has 1 aliphatic rings. The average Bonchev–Trinajstić information content (AvgIpc) is 2.76. The Morgan fingerprint density at radius 1 is 1.13 bits per heavy atom. The van der Waals surface area contributed by atoms with Crippen LogP contribution in [0.3, 0.4) is 0 Å². The van der Waals surface area contributed by atoms with E-state index in [4.69, 9.17) is 14.6 Å². The van der Waals surface area contributed by atoms with Crippen LogP contribution in [-0.2, 0) is 33.7 Å². The Bertz CT molecular complexity index is 892. The van der Waals surface area contributed by atoms with E-state index in [1.165, 1.54) is 19.2 Å². The van der Waals surface area contributed by atoms with Crippen LogP contribution in [0.25, 0.3) is 0 Å². The van der Waals surface area contributed by atoms with Gasteiger partial charge in [-0.05, 0) is 34.9 Å². The summed E-state index contributed by atoms with van der Waals surface area (Å²) in [5.74, 6) is -0.711. The van der Waals surface area contributed by atoms with Gasteiger partial charge in [-0.2, -0.15) is 13.2 Å². The van der Waals surface area contributed by atoms with E-state index in [9.17, 15) is 18.0 Å². The van der Waals surface area contributed by atoms with E-state index >= 15 is 0 Å². The molecule has 2 N–H and O–H groups in total. The molecule has 30 heavy (non-hydrogen) atoms. The summed E-state index contributed by atoms with van der Waals surface area (Å²) in [4.78, 5) is 12.1. The molecule has 8 heteroatoms. The summed E-state index contributed by atoms with van der Waals surface area (Å²) in [6, 6.07) is 12.0. The van der Waals surface area contributed by atoms with E-state index < -0.39 is 23.9 Å². The number of allylic oxidation sites excluding steroid dienone is 1. The number of hydrogen-bond acceptors (Lipinski definition) is 4. The fourth-order valence-corrected chi connectivity index (χ4v) is 3.12. The summed E-state index contributed by atoms with van der Waals surface area (Å²) in [6.45, 7) is 0.166. The van der Waals surface area contributed by atoms with E-state index in [1.807, 2.05) is 12.1 Å². The van der Waals surface area contributed by atoms with E-state index in [0.717, 1.165) is 23.3 Å². The highest BCUT2D eigenvalue weighted by Gasteiger charge is 2.32. The zero-order valence-corrected chi connectivity index (χ0v) is 16.3. The molecule has 0 aliphatic carbocycles. The standard InChI is InChI=1S/C22H22F3NO4/c1-26-21(28)19-10-17(16-6-8-18(9-7-16)22(23,24)25)11-20(30-19)29-13-15-4-2-14(12-27)3-5-15/h2-10,17,20,27H,11-13H2,1H3,(H,26,28)/t17-,20+/m0/s1. The number of aliphatic hydroxyl groups is 1. The molecule has 2 aromatic carbocycles. The fraction of sp³-hybridized carbons (Fsp3) is 0.318. The van der Waals surface area contributed by atoms with Crippen molar-refractivity contribution in [2.75, 3.05) is 7.05 Å². The Kier molecular flexibility index (Phi) is 6.79. The number of ether oxygens (including phenoxy) is 2. The van der Waals surface area contributed by atoms with Gasteiger partial charge in [0.05, 0.1) is 18.8 Å². The second kappa shape index (κ2) is 9.32. The van der Waals surface area contributed by atoms with Crippen molar-refractivity contribution < 1.29 is 32.5 Å². The number of hydrogen-bond donors (Lipinski definition) is 2. The van der Waals surface area contributed by atoms with Crippen molar-refractivity contribution in [1.82, 2.24) is 5.32 Å². The topological polar surface area (TPSA) is 67.8 Å². The molecule has 2 aromatic rings. The third kappa shape index (κ3) is 5.40. The number of rotatable bonds is 6. The van der Waals surface area contributed by atoms with Crippen molar-refractivity contribution >= 4 is 5.91 Å². The normalized spacial score (nSPS) is 19.0. The number of benzene rings is 2. The Hall–Kier alpha value is -2.84. The highest BCUT2D eigenvalue weighted by molar-refractivity contribution is 5.91. The fourth-order valence-electron chi connectivity index (χ4n) is 3.12. The highest BCUT2D eigenvalue weighted by atomic mass is 19.4. The molecule has 0 saturated carbocycles. The lowest BCUT2D eigenvalue weighted by Gasteiger charge is -2.29. The first-order valence-electron chi connectivity index (χ1n) is 9.38. The first-order chi connectivity index (χ1) is 14.3. The molecule has 3 rings (SSSR count). The number of alkyl halides is 3. The maximum Gasteiger partial charge on any atom is 0.416 e. The van der Waals surface area contributed by atoms with E-state index in [2.05, 4.69) is 5.32 Å². The van der Waals surface area contributed by atoms with Crippen LogP contribution < -0.4 is 5.32 Å². The van der Waals surface area contributed by atoms with E-state index in [0.29, 0.717) is 12.0 Å². The zero-order chi connectivity index (χ0) is 21.7. The van der Waals surface area contributed by atoms with E-state index in [1.54, 1.807) is 18.2 Å². The van der Waals surface area contributed by atoms with Crippen LogP contribution in [0.4, 0.5) is 13.2 Å². The molecule has 0 radical (unpaired) electrons. The molecule has 5 nitrogen and oxygen atoms in total. The van der Waals surface area contributed by atoms with Gasteiger partial charge in [-0.3, -0.25) is 4.79 Å². The Morgan fingerprint density at radius 3 is 2.33 bits per heavy atom. The Balaban J connectivity index is 1.74. The van der Waals surface area contributed by atoms with E-state index in [-0.39, 0.29) is 24.9 Å². The van der Waals surface area contributed by atoms with Gasteiger partial charge < -0.3 is 19.9 Å². The number of nitrogens with one attached hydrogen (secondary N) is 1. The molecular weight excluding hydrogens is 399 g/mol. The number of amides is 1. The van der Waals surface area contributed by atoms with Crippen LogP contribution in [0.5, 0.6) is 0 Å². The maximum atomic E-state index is 12.8. The van der Waals surface area contributed by atoms with Crippen molar-refractivity contribution in [3.63, 3.8) is 0 Å². The summed E-state index contributed by atoms with van der Waals surface area (Å²) in [5, 5.41) is 11.6. The lowest BCUT2D eigenvalue weighted by molar-refractivity contribution is -0.150. The summed E-state index contributed by atoms with van der Waals surface area (Å²) in [6.07, 6.45) is -3.21. The molecular formula is C22H22F3NO4. The molecule has 0 bridgehead atoms. The third-order valence-electron chi connectivity index (χ3n) is 4.82. The maximum absolute atomic E-state index is 12.8. The molecule has 2 atom stereocenters. The van der Waals surface area contributed by atoms with Gasteiger partial charge in [0, 0.05) is 19.4 Å². The minimum atomic E-state index is -4.41. The summed E-state index contributed by atoms with van der Waals surface area (Å²) >= 11 is 0. The second-order valence-corrected chi connectivity index (χ2v) is 6.91. The SMILES string of the molecule is CNC(=O)C1=C[C@H](c2ccc(C(F)(F)F)cc2)C[C@H](OCc2ccc(CO)cc2)O1. The van der Waals surface area contributed by atoms with Gasteiger partial charge in [-0.1, -0.05) is 36.4 Å². The molecule has 160 valence electrons. The summed E-state index contributed by atoms with van der Waals surface area (Å²) in [7, 11) is 1.47. The number of carbonyl (C=O) groups excluding carboxylic acids is 1. The smallest absolute Gasteiger partial charge is 0.416 e. The molecule has 1 amide bonds. The largest absolute Gasteiger partial charge is 0.459 e. The molecule has 0 fully saturated rings. The quantitative estimate of drug-likeness (QED) is 0.743. The van der Waals surface area contributed by atoms with Crippen LogP contribution in [0.2, 0.25) is 0 Å². The zero-order valence-electron chi connectivity index (χ0n) is 16.3. The third-order valence-corrected chi connectivity index (χ3v) is 4.82. The minimum Gasteiger partial charge on any atom is -0.459 e. The van der Waals surface area contributed by atoms with Gasteiger partial charge in [0.2, 0.25) is 6.29 Å². The van der Waals surface area contributed by atoms with Crippen molar-refractivity contribution in [3.8, 4) is 0 Å². The minimum absolute atomic E-state index is 0.0536. The number of carbonyl (C=O) groups is 1. The molecule has 1 aliphatic heterocycles. The molecule has 1 heterocycles. The average molecular weight is 421 g/mol. The van der Waals surface area contributed by atoms with Gasteiger partial charge in [-0.25, -0.2) is 0 Å². The van der Waals surface area contributed by atoms with Crippen molar-refractivity contribution in [1.29, 1.82) is 0 Å². The monoisotopic (exact) mass is 421 g/mol. The van der Waals surface area contributed by atoms with Gasteiger partial charge in [0.1, 0.15) is 0 Å². The van der Waals surface area contributed by atoms with Crippen molar-refractivity contribution in [2.24, 2.45) is 0 Å². The number of halogens is 3. The summed E-state index contributed by atoms with van der Waals surface area (Å²) in [5.41, 5.74) is 1.54. The van der Waals surface area contributed by atoms with Crippen LogP contribution in [0.15, 0.2) is 60.4 Å². The Labute approximate surface area is 172 Å². The van der Waals surface area contributed by atoms with Gasteiger partial charge in [-0.15, -0.1) is 0 Å². The Morgan fingerprint density at radius 2 is 1.77 bits per heavy atom. The van der Waals surface area contributed by atoms with Gasteiger partial charge in [0.15, 0.2) is 5.76 Å². The highest BCUT2D eigenvalue weighted by Crippen LogP contribution is 2.34. The van der Waals surface area contributed by atoms with Crippen LogP contribution in [0.1, 0.15) is 34.6 Å². The molecule has 0 spiro atoms. The molecule has 0 unspecified atom stereocenters.